The monoisotopic (exact) mass is 292 g/mol. The van der Waals surface area contributed by atoms with Gasteiger partial charge in [-0.15, -0.1) is 0 Å². The van der Waals surface area contributed by atoms with Gasteiger partial charge in [0.05, 0.1) is 5.54 Å². The summed E-state index contributed by atoms with van der Waals surface area (Å²) in [6.45, 7) is 5.87. The smallest absolute Gasteiger partial charge is 0.377 e. The fourth-order valence-corrected chi connectivity index (χ4v) is 5.40. The predicted molar refractivity (Wildman–Crippen MR) is 76.7 cm³/mol. The molecule has 0 saturated heterocycles. The molecule has 3 N–H and O–H groups in total. The number of amides is 1. The molecule has 0 aliphatic carbocycles. The van der Waals surface area contributed by atoms with Gasteiger partial charge in [-0.3, -0.25) is 4.79 Å². The van der Waals surface area contributed by atoms with Gasteiger partial charge in [-0.1, -0.05) is 6.92 Å². The third kappa shape index (κ3) is 5.19. The van der Waals surface area contributed by atoms with Crippen molar-refractivity contribution in [3.63, 3.8) is 0 Å². The summed E-state index contributed by atoms with van der Waals surface area (Å²) >= 11 is 0. The number of hydrogen-bond donors (Lipinski definition) is 2. The number of hydrogen-bond acceptors (Lipinski definition) is 5. The van der Waals surface area contributed by atoms with Gasteiger partial charge in [0.1, 0.15) is 0 Å². The molecule has 2 unspecified atom stereocenters. The minimum Gasteiger partial charge on any atom is -0.377 e. The van der Waals surface area contributed by atoms with Crippen molar-refractivity contribution in [3.8, 4) is 0 Å². The van der Waals surface area contributed by atoms with E-state index in [4.69, 9.17) is 19.0 Å². The number of rotatable bonds is 10. The Morgan fingerprint density at radius 2 is 1.74 bits per heavy atom. The molecule has 0 heterocycles. The minimum absolute atomic E-state index is 0.0909. The van der Waals surface area contributed by atoms with E-state index in [9.17, 15) is 4.79 Å². The zero-order valence-electron chi connectivity index (χ0n) is 12.9. The highest BCUT2D eigenvalue weighted by molar-refractivity contribution is 6.62. The Morgan fingerprint density at radius 1 is 1.26 bits per heavy atom. The summed E-state index contributed by atoms with van der Waals surface area (Å²) in [6, 6.07) is -0.0909. The zero-order chi connectivity index (χ0) is 15.1. The van der Waals surface area contributed by atoms with E-state index in [0.717, 1.165) is 6.42 Å². The second-order valence-corrected chi connectivity index (χ2v) is 8.49. The van der Waals surface area contributed by atoms with Crippen LogP contribution in [-0.4, -0.2) is 48.1 Å². The van der Waals surface area contributed by atoms with Gasteiger partial charge in [0.15, 0.2) is 0 Å². The Labute approximate surface area is 117 Å². The van der Waals surface area contributed by atoms with Crippen molar-refractivity contribution in [2.24, 2.45) is 5.73 Å². The topological polar surface area (TPSA) is 82.8 Å². The van der Waals surface area contributed by atoms with E-state index < -0.39 is 14.3 Å². The van der Waals surface area contributed by atoms with Gasteiger partial charge in [0, 0.05) is 32.9 Å². The molecule has 0 radical (unpaired) electrons. The quantitative estimate of drug-likeness (QED) is 0.461. The molecule has 6 nitrogen and oxygen atoms in total. The highest BCUT2D eigenvalue weighted by Gasteiger charge is 2.51. The van der Waals surface area contributed by atoms with Gasteiger partial charge in [-0.05, 0) is 26.7 Å². The highest BCUT2D eigenvalue weighted by Crippen LogP contribution is 2.35. The van der Waals surface area contributed by atoms with E-state index in [1.807, 2.05) is 20.8 Å². The standard InChI is InChI=1S/C12H28N2O4Si/c1-7-10(14-9-15)11(8-12(2,3)13)19(16-4,17-5)18-6/h9-11H,7-8,13H2,1-6H3,(H,14,15). The van der Waals surface area contributed by atoms with Gasteiger partial charge in [-0.2, -0.15) is 0 Å². The third-order valence-corrected chi connectivity index (χ3v) is 6.48. The zero-order valence-corrected chi connectivity index (χ0v) is 13.9. The molecule has 0 rings (SSSR count). The fraction of sp³-hybridized carbons (Fsp3) is 0.917. The van der Waals surface area contributed by atoms with Crippen LogP contribution in [0, 0.1) is 0 Å². The van der Waals surface area contributed by atoms with E-state index in [1.54, 1.807) is 21.3 Å². The summed E-state index contributed by atoms with van der Waals surface area (Å²) < 4.78 is 16.7. The van der Waals surface area contributed by atoms with Crippen LogP contribution in [0.25, 0.3) is 0 Å². The third-order valence-electron chi connectivity index (χ3n) is 3.26. The van der Waals surface area contributed by atoms with Crippen molar-refractivity contribution in [1.29, 1.82) is 0 Å². The lowest BCUT2D eigenvalue weighted by Crippen LogP contribution is -2.56. The Hall–Kier alpha value is -0.473. The maximum Gasteiger partial charge on any atom is 0.505 e. The molecule has 2 atom stereocenters. The van der Waals surface area contributed by atoms with Crippen molar-refractivity contribution in [2.45, 2.75) is 50.7 Å². The first kappa shape index (κ1) is 18.5. The summed E-state index contributed by atoms with van der Waals surface area (Å²) in [4.78, 5) is 10.8. The van der Waals surface area contributed by atoms with Crippen LogP contribution in [0.1, 0.15) is 33.6 Å². The van der Waals surface area contributed by atoms with Crippen LogP contribution in [0.15, 0.2) is 0 Å². The van der Waals surface area contributed by atoms with Crippen LogP contribution in [-0.2, 0) is 18.1 Å². The van der Waals surface area contributed by atoms with E-state index in [1.165, 1.54) is 0 Å². The number of carbonyl (C=O) groups excluding carboxylic acids is 1. The molecule has 0 aromatic heterocycles. The Kier molecular flexibility index (Phi) is 7.76. The number of carbonyl (C=O) groups is 1. The summed E-state index contributed by atoms with van der Waals surface area (Å²) in [6.07, 6.45) is 2.09. The molecule has 0 aliphatic heterocycles. The molecule has 0 bridgehead atoms. The second-order valence-electron chi connectivity index (χ2n) is 5.31. The van der Waals surface area contributed by atoms with Crippen LogP contribution in [0.4, 0.5) is 0 Å². The van der Waals surface area contributed by atoms with Gasteiger partial charge in [0.25, 0.3) is 0 Å². The Bertz CT molecular complexity index is 259. The van der Waals surface area contributed by atoms with E-state index in [2.05, 4.69) is 5.32 Å². The van der Waals surface area contributed by atoms with Crippen LogP contribution in [0.5, 0.6) is 0 Å². The minimum atomic E-state index is -2.88. The predicted octanol–water partition coefficient (Wildman–Crippen LogP) is 0.887. The molecular formula is C12H28N2O4Si. The Balaban J connectivity index is 5.39. The van der Waals surface area contributed by atoms with Gasteiger partial charge < -0.3 is 24.3 Å². The van der Waals surface area contributed by atoms with Crippen LogP contribution in [0.3, 0.4) is 0 Å². The van der Waals surface area contributed by atoms with Crippen molar-refractivity contribution >= 4 is 15.2 Å². The molecular weight excluding hydrogens is 264 g/mol. The maximum absolute atomic E-state index is 10.8. The average Bonchev–Trinajstić information content (AvgIpc) is 2.36. The first-order valence-corrected chi connectivity index (χ1v) is 8.24. The lowest BCUT2D eigenvalue weighted by atomic mass is 9.95. The summed E-state index contributed by atoms with van der Waals surface area (Å²) in [5.41, 5.74) is 5.62. The van der Waals surface area contributed by atoms with Crippen LogP contribution >= 0.6 is 0 Å². The SMILES string of the molecule is CCC(NC=O)C(CC(C)(C)N)[Si](OC)(OC)OC. The molecule has 114 valence electrons. The molecule has 7 heteroatoms. The molecule has 19 heavy (non-hydrogen) atoms. The molecule has 0 aromatic carbocycles. The normalized spacial score (nSPS) is 15.9. The fourth-order valence-electron chi connectivity index (χ4n) is 2.39. The second kappa shape index (κ2) is 7.96. The molecule has 0 spiro atoms. The van der Waals surface area contributed by atoms with Crippen molar-refractivity contribution in [2.75, 3.05) is 21.3 Å². The first-order chi connectivity index (χ1) is 8.80. The first-order valence-electron chi connectivity index (χ1n) is 6.44. The van der Waals surface area contributed by atoms with Gasteiger partial charge >= 0.3 is 8.80 Å². The van der Waals surface area contributed by atoms with E-state index >= 15 is 0 Å². The molecule has 0 aliphatic rings. The van der Waals surface area contributed by atoms with Gasteiger partial charge in [-0.25, -0.2) is 0 Å². The average molecular weight is 292 g/mol. The Morgan fingerprint density at radius 3 is 2.00 bits per heavy atom. The van der Waals surface area contributed by atoms with Gasteiger partial charge in [0.2, 0.25) is 6.41 Å². The van der Waals surface area contributed by atoms with Crippen molar-refractivity contribution in [1.82, 2.24) is 5.32 Å². The van der Waals surface area contributed by atoms with E-state index in [-0.39, 0.29) is 11.6 Å². The summed E-state index contributed by atoms with van der Waals surface area (Å²) in [7, 11) is 1.84. The largest absolute Gasteiger partial charge is 0.505 e. The molecule has 0 fully saturated rings. The van der Waals surface area contributed by atoms with Crippen LogP contribution in [0.2, 0.25) is 5.54 Å². The molecule has 0 aromatic rings. The summed E-state index contributed by atoms with van der Waals surface area (Å²) in [5, 5.41) is 2.82. The van der Waals surface area contributed by atoms with Crippen LogP contribution < -0.4 is 11.1 Å². The molecule has 1 amide bonds. The van der Waals surface area contributed by atoms with Crippen molar-refractivity contribution in [3.05, 3.63) is 0 Å². The maximum atomic E-state index is 10.8. The number of nitrogens with one attached hydrogen (secondary N) is 1. The van der Waals surface area contributed by atoms with E-state index in [0.29, 0.717) is 12.8 Å². The highest BCUT2D eigenvalue weighted by atomic mass is 28.4. The number of nitrogens with two attached hydrogens (primary N) is 1. The summed E-state index contributed by atoms with van der Waals surface area (Å²) in [5.74, 6) is 0. The molecule has 0 saturated carbocycles. The van der Waals surface area contributed by atoms with Crippen molar-refractivity contribution < 1.29 is 18.1 Å². The lowest BCUT2D eigenvalue weighted by Gasteiger charge is -2.39. The lowest BCUT2D eigenvalue weighted by molar-refractivity contribution is -0.110.